The molecule has 2 heterocycles. The summed E-state index contributed by atoms with van der Waals surface area (Å²) < 4.78 is 0. The zero-order valence-corrected chi connectivity index (χ0v) is 9.72. The van der Waals surface area contributed by atoms with Crippen LogP contribution in [0.1, 0.15) is 18.9 Å². The number of nitrogens with zero attached hydrogens (tertiary/aromatic N) is 3. The van der Waals surface area contributed by atoms with Crippen LogP contribution in [0, 0.1) is 12.8 Å². The number of rotatable bonds is 1. The maximum absolute atomic E-state index is 9.85. The molecule has 1 aliphatic heterocycles. The van der Waals surface area contributed by atoms with Gasteiger partial charge in [-0.25, -0.2) is 4.98 Å². The number of aromatic nitrogens is 2. The van der Waals surface area contributed by atoms with E-state index in [1.165, 1.54) is 0 Å². The second kappa shape index (κ2) is 4.25. The Morgan fingerprint density at radius 3 is 3.00 bits per heavy atom. The molecule has 0 aliphatic carbocycles. The lowest BCUT2D eigenvalue weighted by Gasteiger charge is -2.35. The standard InChI is InChI=1S/C11H18N4O/c1-7-3-4-15(6-9(7)16)10-8(2)5-13-11(12)14-10/h5,7,9,16H,3-4,6H2,1-2H3,(H2,12,13,14). The molecule has 0 saturated carbocycles. The third-order valence-corrected chi connectivity index (χ3v) is 3.18. The molecule has 2 rings (SSSR count). The van der Waals surface area contributed by atoms with Crippen LogP contribution in [0.3, 0.4) is 0 Å². The van der Waals surface area contributed by atoms with Crippen LogP contribution in [0.4, 0.5) is 11.8 Å². The normalized spacial score (nSPS) is 25.8. The highest BCUT2D eigenvalue weighted by molar-refractivity contribution is 5.48. The highest BCUT2D eigenvalue weighted by Crippen LogP contribution is 2.24. The molecule has 5 heteroatoms. The monoisotopic (exact) mass is 222 g/mol. The van der Waals surface area contributed by atoms with Gasteiger partial charge < -0.3 is 15.7 Å². The van der Waals surface area contributed by atoms with E-state index in [1.54, 1.807) is 6.20 Å². The summed E-state index contributed by atoms with van der Waals surface area (Å²) in [5.41, 5.74) is 6.58. The molecule has 1 saturated heterocycles. The molecule has 0 aromatic carbocycles. The first-order chi connectivity index (χ1) is 7.58. The van der Waals surface area contributed by atoms with Gasteiger partial charge in [-0.05, 0) is 19.3 Å². The summed E-state index contributed by atoms with van der Waals surface area (Å²) >= 11 is 0. The minimum atomic E-state index is -0.288. The van der Waals surface area contributed by atoms with E-state index in [0.29, 0.717) is 12.5 Å². The third kappa shape index (κ3) is 2.09. The number of hydrogen-bond donors (Lipinski definition) is 2. The second-order valence-electron chi connectivity index (χ2n) is 4.51. The Morgan fingerprint density at radius 1 is 1.56 bits per heavy atom. The molecule has 0 radical (unpaired) electrons. The number of piperidine rings is 1. The first-order valence-electron chi connectivity index (χ1n) is 5.60. The molecule has 0 amide bonds. The number of β-amino-alcohol motifs (C(OH)–C–C–N with tert-alkyl or cyclic N) is 1. The van der Waals surface area contributed by atoms with Crippen LogP contribution in [0.25, 0.3) is 0 Å². The number of nitrogens with two attached hydrogens (primary N) is 1. The van der Waals surface area contributed by atoms with E-state index < -0.39 is 0 Å². The van der Waals surface area contributed by atoms with Crippen LogP contribution in [-0.4, -0.2) is 34.3 Å². The van der Waals surface area contributed by atoms with Crippen molar-refractivity contribution < 1.29 is 5.11 Å². The SMILES string of the molecule is Cc1cnc(N)nc1N1CCC(C)C(O)C1. The first kappa shape index (κ1) is 11.1. The number of aryl methyl sites for hydroxylation is 1. The molecule has 1 fully saturated rings. The molecule has 1 aromatic heterocycles. The zero-order valence-electron chi connectivity index (χ0n) is 9.72. The Morgan fingerprint density at radius 2 is 2.31 bits per heavy atom. The van der Waals surface area contributed by atoms with Gasteiger partial charge in [-0.15, -0.1) is 0 Å². The molecule has 2 unspecified atom stereocenters. The molecule has 3 N–H and O–H groups in total. The van der Waals surface area contributed by atoms with E-state index in [-0.39, 0.29) is 12.1 Å². The fourth-order valence-electron chi connectivity index (χ4n) is 2.01. The number of anilines is 2. The van der Waals surface area contributed by atoms with Gasteiger partial charge in [0.1, 0.15) is 5.82 Å². The Bertz CT molecular complexity index is 382. The molecule has 2 atom stereocenters. The Hall–Kier alpha value is -1.36. The topological polar surface area (TPSA) is 75.3 Å². The quantitative estimate of drug-likeness (QED) is 0.726. The maximum Gasteiger partial charge on any atom is 0.221 e. The summed E-state index contributed by atoms with van der Waals surface area (Å²) in [6.45, 7) is 5.57. The van der Waals surface area contributed by atoms with Crippen molar-refractivity contribution in [2.45, 2.75) is 26.4 Å². The highest BCUT2D eigenvalue weighted by Gasteiger charge is 2.25. The molecular weight excluding hydrogens is 204 g/mol. The van der Waals surface area contributed by atoms with Crippen LogP contribution in [0.2, 0.25) is 0 Å². The molecule has 1 aliphatic rings. The molecule has 16 heavy (non-hydrogen) atoms. The smallest absolute Gasteiger partial charge is 0.221 e. The Kier molecular flexibility index (Phi) is 2.96. The summed E-state index contributed by atoms with van der Waals surface area (Å²) in [5.74, 6) is 1.49. The van der Waals surface area contributed by atoms with E-state index in [1.807, 2.05) is 6.92 Å². The van der Waals surface area contributed by atoms with Gasteiger partial charge in [0, 0.05) is 24.8 Å². The number of hydrogen-bond acceptors (Lipinski definition) is 5. The van der Waals surface area contributed by atoms with E-state index in [4.69, 9.17) is 5.73 Å². The summed E-state index contributed by atoms with van der Waals surface area (Å²) in [7, 11) is 0. The van der Waals surface area contributed by atoms with E-state index in [0.717, 1.165) is 24.3 Å². The first-order valence-corrected chi connectivity index (χ1v) is 5.60. The average molecular weight is 222 g/mol. The fraction of sp³-hybridized carbons (Fsp3) is 0.636. The van der Waals surface area contributed by atoms with Gasteiger partial charge in [0.05, 0.1) is 6.10 Å². The highest BCUT2D eigenvalue weighted by atomic mass is 16.3. The summed E-state index contributed by atoms with van der Waals surface area (Å²) in [5, 5.41) is 9.85. The number of aliphatic hydroxyl groups is 1. The predicted molar refractivity (Wildman–Crippen MR) is 63.2 cm³/mol. The lowest BCUT2D eigenvalue weighted by molar-refractivity contribution is 0.102. The number of aliphatic hydroxyl groups excluding tert-OH is 1. The zero-order chi connectivity index (χ0) is 11.7. The maximum atomic E-state index is 9.85. The predicted octanol–water partition coefficient (Wildman–Crippen LogP) is 0.574. The summed E-state index contributed by atoms with van der Waals surface area (Å²) in [4.78, 5) is 10.3. The summed E-state index contributed by atoms with van der Waals surface area (Å²) in [6.07, 6.45) is 2.41. The van der Waals surface area contributed by atoms with Crippen molar-refractivity contribution in [1.82, 2.24) is 9.97 Å². The van der Waals surface area contributed by atoms with Crippen LogP contribution >= 0.6 is 0 Å². The molecule has 0 spiro atoms. The molecule has 1 aromatic rings. The van der Waals surface area contributed by atoms with Gasteiger partial charge >= 0.3 is 0 Å². The lowest BCUT2D eigenvalue weighted by atomic mass is 9.96. The Balaban J connectivity index is 2.21. The van der Waals surface area contributed by atoms with Crippen molar-refractivity contribution in [3.05, 3.63) is 11.8 Å². The van der Waals surface area contributed by atoms with Crippen molar-refractivity contribution in [3.8, 4) is 0 Å². The van der Waals surface area contributed by atoms with Gasteiger partial charge in [0.2, 0.25) is 5.95 Å². The van der Waals surface area contributed by atoms with Crippen molar-refractivity contribution in [1.29, 1.82) is 0 Å². The number of nitrogen functional groups attached to an aromatic ring is 1. The van der Waals surface area contributed by atoms with Crippen LogP contribution in [-0.2, 0) is 0 Å². The second-order valence-corrected chi connectivity index (χ2v) is 4.51. The van der Waals surface area contributed by atoms with Crippen LogP contribution < -0.4 is 10.6 Å². The van der Waals surface area contributed by atoms with E-state index in [9.17, 15) is 5.11 Å². The largest absolute Gasteiger partial charge is 0.391 e. The molecular formula is C11H18N4O. The molecule has 0 bridgehead atoms. The van der Waals surface area contributed by atoms with Gasteiger partial charge in [-0.2, -0.15) is 4.98 Å². The molecule has 88 valence electrons. The van der Waals surface area contributed by atoms with Gasteiger partial charge in [0.25, 0.3) is 0 Å². The van der Waals surface area contributed by atoms with E-state index >= 15 is 0 Å². The van der Waals surface area contributed by atoms with Gasteiger partial charge in [0.15, 0.2) is 0 Å². The van der Waals surface area contributed by atoms with Gasteiger partial charge in [-0.3, -0.25) is 0 Å². The van der Waals surface area contributed by atoms with Crippen LogP contribution in [0.5, 0.6) is 0 Å². The minimum Gasteiger partial charge on any atom is -0.391 e. The van der Waals surface area contributed by atoms with Crippen LogP contribution in [0.15, 0.2) is 6.20 Å². The molecule has 5 nitrogen and oxygen atoms in total. The average Bonchev–Trinajstić information content (AvgIpc) is 2.26. The minimum absolute atomic E-state index is 0.286. The lowest BCUT2D eigenvalue weighted by Crippen LogP contribution is -2.43. The Labute approximate surface area is 95.3 Å². The summed E-state index contributed by atoms with van der Waals surface area (Å²) in [6, 6.07) is 0. The van der Waals surface area contributed by atoms with Crippen molar-refractivity contribution in [2.24, 2.45) is 5.92 Å². The van der Waals surface area contributed by atoms with Crippen molar-refractivity contribution >= 4 is 11.8 Å². The fourth-order valence-corrected chi connectivity index (χ4v) is 2.01. The third-order valence-electron chi connectivity index (χ3n) is 3.18. The van der Waals surface area contributed by atoms with Crippen molar-refractivity contribution in [3.63, 3.8) is 0 Å². The van der Waals surface area contributed by atoms with E-state index in [2.05, 4.69) is 21.8 Å². The van der Waals surface area contributed by atoms with Crippen molar-refractivity contribution in [2.75, 3.05) is 23.7 Å². The van der Waals surface area contributed by atoms with Gasteiger partial charge in [-0.1, -0.05) is 6.92 Å².